The lowest BCUT2D eigenvalue weighted by molar-refractivity contribution is -0.870. The molecule has 0 aromatic carbocycles. The molecule has 0 saturated heterocycles. The second-order valence-corrected chi connectivity index (χ2v) is 20.1. The second-order valence-electron chi connectivity index (χ2n) is 18.7. The highest BCUT2D eigenvalue weighted by Gasteiger charge is 2.27. The normalized spacial score (nSPS) is 14.1. The lowest BCUT2D eigenvalue weighted by atomic mass is 10.0. The smallest absolute Gasteiger partial charge is 0.306 e. The second kappa shape index (κ2) is 42.4. The molecule has 3 atom stereocenters. The number of amides is 1. The summed E-state index contributed by atoms with van der Waals surface area (Å²) in [5, 5.41) is 3.00. The molecule has 0 bridgehead atoms. The molecule has 1 amide bonds. The number of allylic oxidation sites excluding steroid dienone is 3. The van der Waals surface area contributed by atoms with Crippen LogP contribution >= 0.6 is 7.82 Å². The summed E-state index contributed by atoms with van der Waals surface area (Å²) in [5.74, 6) is -0.548. The quantitative estimate of drug-likeness (QED) is 0.0213. The average Bonchev–Trinajstić information content (AvgIpc) is 3.21. The van der Waals surface area contributed by atoms with Gasteiger partial charge in [-0.25, -0.2) is 0 Å². The number of carbonyl (C=O) groups excluding carboxylic acids is 2. The van der Waals surface area contributed by atoms with E-state index in [1.165, 1.54) is 122 Å². The van der Waals surface area contributed by atoms with Crippen LogP contribution in [-0.2, 0) is 27.9 Å². The Bertz CT molecular complexity index is 1110. The number of esters is 1. The zero-order valence-electron chi connectivity index (χ0n) is 40.9. The zero-order chi connectivity index (χ0) is 45.1. The first kappa shape index (κ1) is 59.5. The SMILES string of the molecule is CCCC/C=C\CCCCCCCC(=O)NC(COP(=O)([O-])OCC[N+](C)(C)C)C(/C=C/CCCCCCCCCCCCC)OC(=O)CCCCCCCCCCCCC. The van der Waals surface area contributed by atoms with E-state index in [1.807, 2.05) is 33.3 Å². The summed E-state index contributed by atoms with van der Waals surface area (Å²) in [6.07, 6.45) is 45.7. The number of nitrogens with zero attached hydrogens (tertiary/aromatic N) is 1. The van der Waals surface area contributed by atoms with E-state index in [9.17, 15) is 19.0 Å². The molecule has 0 aliphatic carbocycles. The van der Waals surface area contributed by atoms with Crippen molar-refractivity contribution in [2.45, 2.75) is 251 Å². The highest BCUT2D eigenvalue weighted by molar-refractivity contribution is 7.45. The van der Waals surface area contributed by atoms with Gasteiger partial charge < -0.3 is 28.5 Å². The van der Waals surface area contributed by atoms with E-state index in [4.69, 9.17) is 13.8 Å². The number of quaternary nitrogens is 1. The van der Waals surface area contributed by atoms with Gasteiger partial charge in [-0.15, -0.1) is 0 Å². The lowest BCUT2D eigenvalue weighted by Gasteiger charge is -2.30. The minimum atomic E-state index is -4.68. The Morgan fingerprint density at radius 2 is 0.967 bits per heavy atom. The standard InChI is InChI=1S/C51H99N2O7P/c1-7-10-13-16-19-22-25-26-29-30-33-36-39-42-49(60-51(55)44-41-38-35-32-28-24-21-18-15-12-9-3)48(47-59-61(56,57)58-46-45-53(4,5)6)52-50(54)43-40-37-34-31-27-23-20-17-14-11-8-2/h17,20,39,42,48-49H,7-16,18-19,21-38,40-41,43-47H2,1-6H3,(H-,52,54,56,57)/b20-17-,42-39+. The maximum absolute atomic E-state index is 13.4. The van der Waals surface area contributed by atoms with Crippen LogP contribution in [0.5, 0.6) is 0 Å². The Balaban J connectivity index is 5.46. The van der Waals surface area contributed by atoms with Crippen molar-refractivity contribution >= 4 is 19.7 Å². The molecule has 3 unspecified atom stereocenters. The number of nitrogens with one attached hydrogen (secondary N) is 1. The van der Waals surface area contributed by atoms with Crippen molar-refractivity contribution in [3.63, 3.8) is 0 Å². The predicted molar refractivity (Wildman–Crippen MR) is 257 cm³/mol. The summed E-state index contributed by atoms with van der Waals surface area (Å²) in [4.78, 5) is 39.5. The number of carbonyl (C=O) groups is 2. The molecule has 0 aromatic rings. The maximum Gasteiger partial charge on any atom is 0.306 e. The van der Waals surface area contributed by atoms with Crippen LogP contribution in [0.2, 0.25) is 0 Å². The number of hydrogen-bond donors (Lipinski definition) is 1. The minimum absolute atomic E-state index is 0.0211. The topological polar surface area (TPSA) is 114 Å². The van der Waals surface area contributed by atoms with Crippen LogP contribution in [0.4, 0.5) is 0 Å². The third-order valence-corrected chi connectivity index (χ3v) is 12.3. The van der Waals surface area contributed by atoms with Crippen LogP contribution in [-0.4, -0.2) is 69.4 Å². The van der Waals surface area contributed by atoms with Crippen molar-refractivity contribution in [1.82, 2.24) is 5.32 Å². The fourth-order valence-corrected chi connectivity index (χ4v) is 8.05. The maximum atomic E-state index is 13.4. The highest BCUT2D eigenvalue weighted by atomic mass is 31.2. The summed E-state index contributed by atoms with van der Waals surface area (Å²) in [6, 6.07) is -0.883. The van der Waals surface area contributed by atoms with Crippen LogP contribution in [0.1, 0.15) is 239 Å². The number of unbranched alkanes of at least 4 members (excludes halogenated alkanes) is 28. The van der Waals surface area contributed by atoms with Gasteiger partial charge in [0.2, 0.25) is 5.91 Å². The Labute approximate surface area is 377 Å². The van der Waals surface area contributed by atoms with Crippen molar-refractivity contribution in [2.24, 2.45) is 0 Å². The van der Waals surface area contributed by atoms with Crippen molar-refractivity contribution < 1.29 is 37.3 Å². The van der Waals surface area contributed by atoms with E-state index in [0.717, 1.165) is 83.5 Å². The minimum Gasteiger partial charge on any atom is -0.756 e. The van der Waals surface area contributed by atoms with E-state index in [1.54, 1.807) is 0 Å². The summed E-state index contributed by atoms with van der Waals surface area (Å²) in [5.41, 5.74) is 0. The fraction of sp³-hybridized carbons (Fsp3) is 0.882. The van der Waals surface area contributed by atoms with Gasteiger partial charge in [0.25, 0.3) is 7.82 Å². The first-order valence-corrected chi connectivity index (χ1v) is 27.1. The number of phosphoric acid groups is 1. The molecule has 0 radical (unpaired) electrons. The molecule has 0 aromatic heterocycles. The first-order chi connectivity index (χ1) is 29.4. The van der Waals surface area contributed by atoms with Gasteiger partial charge in [0.1, 0.15) is 19.3 Å². The number of ether oxygens (including phenoxy) is 1. The van der Waals surface area contributed by atoms with Gasteiger partial charge in [0.15, 0.2) is 0 Å². The molecule has 0 aliphatic heterocycles. The molecule has 10 heteroatoms. The van der Waals surface area contributed by atoms with Crippen LogP contribution in [0, 0.1) is 0 Å². The largest absolute Gasteiger partial charge is 0.756 e. The van der Waals surface area contributed by atoms with E-state index < -0.39 is 20.0 Å². The lowest BCUT2D eigenvalue weighted by Crippen LogP contribution is -2.47. The van der Waals surface area contributed by atoms with Crippen molar-refractivity contribution in [1.29, 1.82) is 0 Å². The number of hydrogen-bond acceptors (Lipinski definition) is 7. The molecule has 61 heavy (non-hydrogen) atoms. The third kappa shape index (κ3) is 43.5. The Morgan fingerprint density at radius 3 is 1.44 bits per heavy atom. The van der Waals surface area contributed by atoms with E-state index in [0.29, 0.717) is 17.4 Å². The molecular weight excluding hydrogens is 784 g/mol. The molecule has 0 spiro atoms. The van der Waals surface area contributed by atoms with Crippen LogP contribution in [0.15, 0.2) is 24.3 Å². The summed E-state index contributed by atoms with van der Waals surface area (Å²) < 4.78 is 30.1. The summed E-state index contributed by atoms with van der Waals surface area (Å²) in [6.45, 7) is 6.78. The number of rotatable bonds is 46. The zero-order valence-corrected chi connectivity index (χ0v) is 41.8. The first-order valence-electron chi connectivity index (χ1n) is 25.6. The van der Waals surface area contributed by atoms with Crippen molar-refractivity contribution in [3.05, 3.63) is 24.3 Å². The summed E-state index contributed by atoms with van der Waals surface area (Å²) >= 11 is 0. The molecule has 0 rings (SSSR count). The van der Waals surface area contributed by atoms with Gasteiger partial charge in [-0.3, -0.25) is 14.2 Å². The van der Waals surface area contributed by atoms with Crippen molar-refractivity contribution in [3.8, 4) is 0 Å². The average molecular weight is 883 g/mol. The van der Waals surface area contributed by atoms with Crippen molar-refractivity contribution in [2.75, 3.05) is 40.9 Å². The molecule has 9 nitrogen and oxygen atoms in total. The molecule has 0 saturated carbocycles. The Morgan fingerprint density at radius 1 is 0.557 bits per heavy atom. The van der Waals surface area contributed by atoms with Gasteiger partial charge in [-0.05, 0) is 51.0 Å². The van der Waals surface area contributed by atoms with Gasteiger partial charge in [0, 0.05) is 12.8 Å². The van der Waals surface area contributed by atoms with Crippen LogP contribution in [0.25, 0.3) is 0 Å². The third-order valence-electron chi connectivity index (χ3n) is 11.4. The molecule has 0 aliphatic rings. The molecule has 1 N–H and O–H groups in total. The van der Waals surface area contributed by atoms with Crippen LogP contribution in [0.3, 0.4) is 0 Å². The number of phosphoric ester groups is 1. The van der Waals surface area contributed by atoms with Gasteiger partial charge in [-0.2, -0.15) is 0 Å². The molecule has 0 fully saturated rings. The van der Waals surface area contributed by atoms with E-state index in [-0.39, 0.29) is 31.5 Å². The van der Waals surface area contributed by atoms with Crippen LogP contribution < -0.4 is 10.2 Å². The molecule has 360 valence electrons. The van der Waals surface area contributed by atoms with Gasteiger partial charge >= 0.3 is 5.97 Å². The molecular formula is C51H99N2O7P. The number of likely N-dealkylation sites (N-methyl/N-ethyl adjacent to an activating group) is 1. The van der Waals surface area contributed by atoms with Gasteiger partial charge in [0.05, 0.1) is 33.8 Å². The van der Waals surface area contributed by atoms with E-state index >= 15 is 0 Å². The Hall–Kier alpha value is -1.51. The predicted octanol–water partition coefficient (Wildman–Crippen LogP) is 14.0. The van der Waals surface area contributed by atoms with E-state index in [2.05, 4.69) is 38.2 Å². The van der Waals surface area contributed by atoms with Gasteiger partial charge in [-0.1, -0.05) is 200 Å². The molecule has 0 heterocycles. The monoisotopic (exact) mass is 883 g/mol. The Kier molecular flexibility index (Phi) is 41.4. The fourth-order valence-electron chi connectivity index (χ4n) is 7.33. The summed E-state index contributed by atoms with van der Waals surface area (Å²) in [7, 11) is 1.19. The highest BCUT2D eigenvalue weighted by Crippen LogP contribution is 2.38.